The first-order chi connectivity index (χ1) is 7.34. The molecule has 0 radical (unpaired) electrons. The molecule has 0 aromatic carbocycles. The van der Waals surface area contributed by atoms with Gasteiger partial charge in [-0.2, -0.15) is 5.26 Å². The second-order valence-electron chi connectivity index (χ2n) is 2.67. The minimum atomic E-state index is -0.370. The maximum Gasteiger partial charge on any atom is 0.339 e. The molecule has 4 nitrogen and oxygen atoms in total. The van der Waals surface area contributed by atoms with Gasteiger partial charge in [0.1, 0.15) is 5.40 Å². The van der Waals surface area contributed by atoms with Gasteiger partial charge in [0.25, 0.3) is 0 Å². The fraction of sp³-hybridized carbons (Fsp3) is 0.300. The molecule has 0 N–H and O–H groups in total. The molecule has 0 aliphatic heterocycles. The number of thiocyanates is 1. The highest BCUT2D eigenvalue weighted by Crippen LogP contribution is 2.02. The Labute approximate surface area is 92.3 Å². The number of esters is 1. The lowest BCUT2D eigenvalue weighted by atomic mass is 10.3. The number of hydrogen-bond donors (Lipinski definition) is 0. The van der Waals surface area contributed by atoms with E-state index in [1.807, 2.05) is 5.40 Å². The van der Waals surface area contributed by atoms with E-state index in [1.165, 1.54) is 6.20 Å². The summed E-state index contributed by atoms with van der Waals surface area (Å²) in [7, 11) is 0. The lowest BCUT2D eigenvalue weighted by molar-refractivity contribution is 0.0506. The van der Waals surface area contributed by atoms with Gasteiger partial charge in [0, 0.05) is 18.1 Å². The molecule has 0 spiro atoms. The maximum atomic E-state index is 11.3. The van der Waals surface area contributed by atoms with Gasteiger partial charge < -0.3 is 4.74 Å². The molecule has 0 aliphatic rings. The predicted octanol–water partition coefficient (Wildman–Crippen LogP) is 1.84. The Bertz CT molecular complexity index is 348. The van der Waals surface area contributed by atoms with Gasteiger partial charge in [0.15, 0.2) is 0 Å². The molecular weight excluding hydrogens is 212 g/mol. The molecule has 0 saturated carbocycles. The maximum absolute atomic E-state index is 11.3. The summed E-state index contributed by atoms with van der Waals surface area (Å²) in [6, 6.07) is 3.33. The minimum absolute atomic E-state index is 0.336. The Kier molecular flexibility index (Phi) is 5.26. The van der Waals surface area contributed by atoms with Crippen molar-refractivity contribution in [2.75, 3.05) is 12.4 Å². The molecule has 1 rings (SSSR count). The molecule has 0 fully saturated rings. The third kappa shape index (κ3) is 4.47. The SMILES string of the molecule is N#CSCCCOC(=O)c1cccnc1. The number of thioether (sulfide) groups is 1. The summed E-state index contributed by atoms with van der Waals surface area (Å²) in [5, 5.41) is 10.2. The van der Waals surface area contributed by atoms with Crippen molar-refractivity contribution in [2.45, 2.75) is 6.42 Å². The van der Waals surface area contributed by atoms with Crippen LogP contribution < -0.4 is 0 Å². The molecule has 0 saturated heterocycles. The van der Waals surface area contributed by atoms with Gasteiger partial charge in [-0.1, -0.05) is 0 Å². The Hall–Kier alpha value is -1.54. The smallest absolute Gasteiger partial charge is 0.339 e. The van der Waals surface area contributed by atoms with Crippen LogP contribution >= 0.6 is 11.8 Å². The lowest BCUT2D eigenvalue weighted by Gasteiger charge is -2.02. The molecule has 15 heavy (non-hydrogen) atoms. The number of rotatable bonds is 5. The van der Waals surface area contributed by atoms with E-state index in [9.17, 15) is 4.79 Å². The highest BCUT2D eigenvalue weighted by Gasteiger charge is 2.05. The van der Waals surface area contributed by atoms with Gasteiger partial charge in [-0.25, -0.2) is 4.79 Å². The summed E-state index contributed by atoms with van der Waals surface area (Å²) in [5.41, 5.74) is 0.449. The van der Waals surface area contributed by atoms with E-state index < -0.39 is 0 Å². The summed E-state index contributed by atoms with van der Waals surface area (Å²) < 4.78 is 4.97. The zero-order chi connectivity index (χ0) is 10.9. The van der Waals surface area contributed by atoms with Crippen molar-refractivity contribution in [3.63, 3.8) is 0 Å². The fourth-order valence-corrected chi connectivity index (χ4v) is 1.26. The standard InChI is InChI=1S/C10H10N2O2S/c11-8-15-6-2-5-14-10(13)9-3-1-4-12-7-9/h1,3-4,7H,2,5-6H2. The fourth-order valence-electron chi connectivity index (χ4n) is 0.908. The van der Waals surface area contributed by atoms with Crippen molar-refractivity contribution in [3.8, 4) is 5.40 Å². The van der Waals surface area contributed by atoms with Crippen LogP contribution in [0.15, 0.2) is 24.5 Å². The first-order valence-electron chi connectivity index (χ1n) is 4.42. The van der Waals surface area contributed by atoms with Gasteiger partial charge >= 0.3 is 5.97 Å². The quantitative estimate of drug-likeness (QED) is 0.432. The zero-order valence-electron chi connectivity index (χ0n) is 8.05. The van der Waals surface area contributed by atoms with Gasteiger partial charge in [0.05, 0.1) is 12.2 Å². The number of aromatic nitrogens is 1. The van der Waals surface area contributed by atoms with Crippen molar-refractivity contribution in [1.29, 1.82) is 5.26 Å². The normalized spacial score (nSPS) is 9.27. The second kappa shape index (κ2) is 6.85. The van der Waals surface area contributed by atoms with E-state index in [0.717, 1.165) is 11.8 Å². The molecule has 0 bridgehead atoms. The molecule has 1 aromatic heterocycles. The van der Waals surface area contributed by atoms with Gasteiger partial charge in [-0.15, -0.1) is 0 Å². The topological polar surface area (TPSA) is 63.0 Å². The third-order valence-electron chi connectivity index (χ3n) is 1.59. The number of nitriles is 1. The highest BCUT2D eigenvalue weighted by molar-refractivity contribution is 8.03. The lowest BCUT2D eigenvalue weighted by Crippen LogP contribution is -2.07. The summed E-state index contributed by atoms with van der Waals surface area (Å²) >= 11 is 1.16. The van der Waals surface area contributed by atoms with E-state index in [4.69, 9.17) is 10.00 Å². The molecule has 0 atom stereocenters. The van der Waals surface area contributed by atoms with Crippen LogP contribution in [0.3, 0.4) is 0 Å². The average Bonchev–Trinajstić information content (AvgIpc) is 2.30. The van der Waals surface area contributed by atoms with Crippen LogP contribution in [0.4, 0.5) is 0 Å². The van der Waals surface area contributed by atoms with E-state index in [-0.39, 0.29) is 5.97 Å². The predicted molar refractivity (Wildman–Crippen MR) is 57.2 cm³/mol. The molecule has 0 aliphatic carbocycles. The van der Waals surface area contributed by atoms with Gasteiger partial charge in [-0.05, 0) is 30.3 Å². The number of carbonyl (C=O) groups is 1. The first kappa shape index (κ1) is 11.5. The summed E-state index contributed by atoms with van der Waals surface area (Å²) in [6.45, 7) is 0.336. The third-order valence-corrected chi connectivity index (χ3v) is 2.21. The Balaban J connectivity index is 2.23. The highest BCUT2D eigenvalue weighted by atomic mass is 32.2. The number of nitrogens with zero attached hydrogens (tertiary/aromatic N) is 2. The van der Waals surface area contributed by atoms with Crippen molar-refractivity contribution in [1.82, 2.24) is 4.98 Å². The van der Waals surface area contributed by atoms with E-state index in [1.54, 1.807) is 18.3 Å². The van der Waals surface area contributed by atoms with Crippen LogP contribution in [-0.4, -0.2) is 23.3 Å². The molecular formula is C10H10N2O2S. The zero-order valence-corrected chi connectivity index (χ0v) is 8.87. The molecule has 1 heterocycles. The van der Waals surface area contributed by atoms with Crippen LogP contribution in [0.2, 0.25) is 0 Å². The van der Waals surface area contributed by atoms with Crippen molar-refractivity contribution in [2.24, 2.45) is 0 Å². The average molecular weight is 222 g/mol. The number of pyridine rings is 1. The molecule has 0 amide bonds. The minimum Gasteiger partial charge on any atom is -0.462 e. The van der Waals surface area contributed by atoms with E-state index in [0.29, 0.717) is 24.3 Å². The Morgan fingerprint density at radius 2 is 2.53 bits per heavy atom. The molecule has 0 unspecified atom stereocenters. The number of ether oxygens (including phenoxy) is 1. The van der Waals surface area contributed by atoms with Gasteiger partial charge in [0.2, 0.25) is 0 Å². The second-order valence-corrected chi connectivity index (χ2v) is 3.55. The Morgan fingerprint density at radius 1 is 1.67 bits per heavy atom. The van der Waals surface area contributed by atoms with Crippen molar-refractivity contribution in [3.05, 3.63) is 30.1 Å². The van der Waals surface area contributed by atoms with Crippen LogP contribution in [-0.2, 0) is 4.74 Å². The van der Waals surface area contributed by atoms with Crippen LogP contribution in [0.5, 0.6) is 0 Å². The number of hydrogen-bond acceptors (Lipinski definition) is 5. The van der Waals surface area contributed by atoms with Crippen LogP contribution in [0.1, 0.15) is 16.8 Å². The summed E-state index contributed by atoms with van der Waals surface area (Å²) in [5.74, 6) is 0.307. The molecule has 1 aromatic rings. The molecule has 78 valence electrons. The monoisotopic (exact) mass is 222 g/mol. The van der Waals surface area contributed by atoms with E-state index in [2.05, 4.69) is 4.98 Å². The largest absolute Gasteiger partial charge is 0.462 e. The van der Waals surface area contributed by atoms with Crippen LogP contribution in [0, 0.1) is 10.7 Å². The number of carbonyl (C=O) groups excluding carboxylic acids is 1. The summed E-state index contributed by atoms with van der Waals surface area (Å²) in [6.07, 6.45) is 3.75. The Morgan fingerprint density at radius 3 is 3.20 bits per heavy atom. The van der Waals surface area contributed by atoms with Crippen molar-refractivity contribution < 1.29 is 9.53 Å². The summed E-state index contributed by atoms with van der Waals surface area (Å²) in [4.78, 5) is 15.2. The van der Waals surface area contributed by atoms with E-state index >= 15 is 0 Å². The van der Waals surface area contributed by atoms with Crippen molar-refractivity contribution >= 4 is 17.7 Å². The molecule has 5 heteroatoms. The van der Waals surface area contributed by atoms with Gasteiger partial charge in [-0.3, -0.25) is 4.98 Å². The first-order valence-corrected chi connectivity index (χ1v) is 5.41. The van der Waals surface area contributed by atoms with Crippen LogP contribution in [0.25, 0.3) is 0 Å².